The number of carbonyl (C=O) groups excluding carboxylic acids is 1. The first-order valence-corrected chi connectivity index (χ1v) is 14.5. The number of nitrogens with zero attached hydrogens (tertiary/aromatic N) is 2. The molecule has 1 unspecified atom stereocenters. The number of pyridine rings is 2. The Morgan fingerprint density at radius 1 is 1.11 bits per heavy atom. The van der Waals surface area contributed by atoms with E-state index in [2.05, 4.69) is 27.5 Å². The summed E-state index contributed by atoms with van der Waals surface area (Å²) in [5.74, 6) is -0.998. The molecule has 4 aromatic rings. The van der Waals surface area contributed by atoms with Crippen LogP contribution in [0.2, 0.25) is 10.0 Å². The lowest BCUT2D eigenvalue weighted by molar-refractivity contribution is -0.104. The van der Waals surface area contributed by atoms with E-state index in [-0.39, 0.29) is 22.9 Å². The first-order valence-electron chi connectivity index (χ1n) is 13.7. The zero-order chi connectivity index (χ0) is 32.0. The van der Waals surface area contributed by atoms with Gasteiger partial charge in [-0.05, 0) is 43.2 Å². The lowest BCUT2D eigenvalue weighted by atomic mass is 10.1. The van der Waals surface area contributed by atoms with Crippen molar-refractivity contribution in [2.75, 3.05) is 37.2 Å². The zero-order valence-electron chi connectivity index (χ0n) is 24.7. The summed E-state index contributed by atoms with van der Waals surface area (Å²) in [5, 5.41) is 11.8. The minimum absolute atomic E-state index is 0.179. The number of rotatable bonds is 9. The third-order valence-electron chi connectivity index (χ3n) is 7.18. The van der Waals surface area contributed by atoms with Crippen molar-refractivity contribution in [2.45, 2.75) is 38.2 Å². The molecule has 0 bridgehead atoms. The molecule has 232 valence electrons. The van der Waals surface area contributed by atoms with Gasteiger partial charge in [0.05, 0.1) is 41.3 Å². The minimum Gasteiger partial charge on any atom is -0.495 e. The second kappa shape index (κ2) is 14.1. The Morgan fingerprint density at radius 2 is 1.80 bits per heavy atom. The molecule has 1 aliphatic rings. The van der Waals surface area contributed by atoms with Gasteiger partial charge in [0.1, 0.15) is 29.4 Å². The highest BCUT2D eigenvalue weighted by Gasteiger charge is 2.39. The van der Waals surface area contributed by atoms with E-state index in [1.165, 1.54) is 20.3 Å². The number of ether oxygens (including phenoxy) is 2. The average Bonchev–Trinajstić information content (AvgIpc) is 3.36. The molecule has 2 heterocycles. The fourth-order valence-corrected chi connectivity index (χ4v) is 5.69. The molecule has 0 spiro atoms. The van der Waals surface area contributed by atoms with Gasteiger partial charge in [0, 0.05) is 54.5 Å². The fourth-order valence-electron chi connectivity index (χ4n) is 5.00. The highest BCUT2D eigenvalue weighted by atomic mass is 35.5. The predicted molar refractivity (Wildman–Crippen MR) is 175 cm³/mol. The molecule has 0 amide bonds. The number of carbonyl (C=O) groups is 1. The van der Waals surface area contributed by atoms with Crippen molar-refractivity contribution >= 4 is 63.3 Å². The van der Waals surface area contributed by atoms with Crippen LogP contribution in [0.25, 0.3) is 22.0 Å². The van der Waals surface area contributed by atoms with E-state index in [0.29, 0.717) is 52.5 Å². The standard InChI is InChI=1S/C29H29Cl2F2N5O2.C3H4O/c1-15-6-5-7-19(34-2)27(15)38-23-11-18-16(14-35-23)10-20(37-28(18)36-17-8-9-29(32,33)13-17)24-25(30)21(39-3)12-22(40-4)26(24)31;1-2-3-4/h5-7,10-12,14,17,34H,8-9,13H2,1-4H3,(H,35,38)(H,36,37);2-3H,1H2. The van der Waals surface area contributed by atoms with Crippen LogP contribution >= 0.6 is 23.2 Å². The predicted octanol–water partition coefficient (Wildman–Crippen LogP) is 8.69. The number of para-hydroxylation sites is 1. The first kappa shape index (κ1) is 32.8. The Hall–Kier alpha value is -4.15. The number of aromatic nitrogens is 2. The van der Waals surface area contributed by atoms with Gasteiger partial charge in [-0.2, -0.15) is 0 Å². The van der Waals surface area contributed by atoms with Crippen molar-refractivity contribution in [3.63, 3.8) is 0 Å². The number of alkyl halides is 2. The molecule has 0 radical (unpaired) electrons. The lowest BCUT2D eigenvalue weighted by Gasteiger charge is -2.19. The summed E-state index contributed by atoms with van der Waals surface area (Å²) in [6.07, 6.45) is 3.40. The Morgan fingerprint density at radius 3 is 2.36 bits per heavy atom. The maximum atomic E-state index is 14.1. The van der Waals surface area contributed by atoms with E-state index in [0.717, 1.165) is 22.3 Å². The summed E-state index contributed by atoms with van der Waals surface area (Å²) >= 11 is 13.4. The molecule has 8 nitrogen and oxygen atoms in total. The number of hydrogen-bond donors (Lipinski definition) is 3. The molecule has 1 saturated carbocycles. The molecule has 1 atom stereocenters. The normalized spacial score (nSPS) is 15.1. The van der Waals surface area contributed by atoms with Gasteiger partial charge in [0.15, 0.2) is 0 Å². The van der Waals surface area contributed by atoms with Crippen LogP contribution in [-0.2, 0) is 4.79 Å². The highest BCUT2D eigenvalue weighted by Crippen LogP contribution is 2.47. The lowest BCUT2D eigenvalue weighted by Crippen LogP contribution is -2.20. The smallest absolute Gasteiger partial charge is 0.250 e. The van der Waals surface area contributed by atoms with E-state index in [1.54, 1.807) is 18.3 Å². The Balaban J connectivity index is 0.00000104. The summed E-state index contributed by atoms with van der Waals surface area (Å²) in [7, 11) is 4.83. The molecule has 3 N–H and O–H groups in total. The topological polar surface area (TPSA) is 97.4 Å². The molecule has 0 aliphatic heterocycles. The monoisotopic (exact) mass is 643 g/mol. The van der Waals surface area contributed by atoms with Gasteiger partial charge < -0.3 is 25.4 Å². The Bertz CT molecular complexity index is 1650. The summed E-state index contributed by atoms with van der Waals surface area (Å²) < 4.78 is 39.1. The quantitative estimate of drug-likeness (QED) is 0.123. The molecule has 1 aliphatic carbocycles. The molecule has 5 rings (SSSR count). The van der Waals surface area contributed by atoms with E-state index < -0.39 is 12.0 Å². The van der Waals surface area contributed by atoms with Crippen molar-refractivity contribution in [1.82, 2.24) is 9.97 Å². The molecular weight excluding hydrogens is 611 g/mol. The van der Waals surface area contributed by atoms with Crippen molar-refractivity contribution < 1.29 is 23.0 Å². The van der Waals surface area contributed by atoms with Crippen molar-refractivity contribution in [1.29, 1.82) is 0 Å². The van der Waals surface area contributed by atoms with Crippen LogP contribution in [0.3, 0.4) is 0 Å². The van der Waals surface area contributed by atoms with Crippen LogP contribution in [0.1, 0.15) is 24.8 Å². The summed E-state index contributed by atoms with van der Waals surface area (Å²) in [6.45, 7) is 5.11. The SMILES string of the molecule is C=CC=O.CNc1cccc(C)c1Nc1cc2c(NC3CCC(F)(F)C3)nc(-c3c(Cl)c(OC)cc(OC)c3Cl)cc2cn1. The number of halogens is 4. The second-order valence-corrected chi connectivity index (χ2v) is 10.9. The molecule has 44 heavy (non-hydrogen) atoms. The maximum Gasteiger partial charge on any atom is 0.250 e. The van der Waals surface area contributed by atoms with Crippen LogP contribution in [0.5, 0.6) is 11.5 Å². The van der Waals surface area contributed by atoms with Gasteiger partial charge >= 0.3 is 0 Å². The largest absolute Gasteiger partial charge is 0.495 e. The van der Waals surface area contributed by atoms with Crippen molar-refractivity contribution in [3.8, 4) is 22.8 Å². The molecule has 0 saturated heterocycles. The second-order valence-electron chi connectivity index (χ2n) is 10.1. The van der Waals surface area contributed by atoms with Gasteiger partial charge in [-0.25, -0.2) is 18.7 Å². The van der Waals surface area contributed by atoms with Gasteiger partial charge in [-0.3, -0.25) is 4.79 Å². The number of aldehydes is 1. The number of aryl methyl sites for hydroxylation is 1. The summed E-state index contributed by atoms with van der Waals surface area (Å²) in [4.78, 5) is 18.5. The van der Waals surface area contributed by atoms with Crippen LogP contribution < -0.4 is 25.4 Å². The van der Waals surface area contributed by atoms with E-state index in [9.17, 15) is 8.78 Å². The Kier molecular flexibility index (Phi) is 10.5. The molecular formula is C32H33Cl2F2N5O3. The first-order chi connectivity index (χ1) is 21.0. The number of fused-ring (bicyclic) bond motifs is 1. The molecule has 2 aromatic heterocycles. The number of allylic oxidation sites excluding steroid dienone is 1. The van der Waals surface area contributed by atoms with Gasteiger partial charge in [-0.15, -0.1) is 0 Å². The third-order valence-corrected chi connectivity index (χ3v) is 7.93. The Labute approximate surface area is 264 Å². The fraction of sp³-hybridized carbons (Fsp3) is 0.281. The third kappa shape index (κ3) is 7.14. The zero-order valence-corrected chi connectivity index (χ0v) is 26.2. The number of nitrogens with one attached hydrogen (secondary N) is 3. The van der Waals surface area contributed by atoms with Crippen LogP contribution in [0.4, 0.5) is 31.8 Å². The van der Waals surface area contributed by atoms with Crippen LogP contribution in [-0.4, -0.2) is 49.5 Å². The molecule has 12 heteroatoms. The van der Waals surface area contributed by atoms with E-state index >= 15 is 0 Å². The number of benzene rings is 2. The molecule has 2 aromatic carbocycles. The van der Waals surface area contributed by atoms with E-state index in [1.807, 2.05) is 38.2 Å². The maximum absolute atomic E-state index is 14.1. The number of hydrogen-bond acceptors (Lipinski definition) is 8. The number of anilines is 4. The summed E-state index contributed by atoms with van der Waals surface area (Å²) in [5.41, 5.74) is 3.66. The van der Waals surface area contributed by atoms with Gasteiger partial charge in [-0.1, -0.05) is 41.9 Å². The number of methoxy groups -OCH3 is 2. The highest BCUT2D eigenvalue weighted by molar-refractivity contribution is 6.41. The summed E-state index contributed by atoms with van der Waals surface area (Å²) in [6, 6.07) is 10.7. The van der Waals surface area contributed by atoms with E-state index in [4.69, 9.17) is 42.5 Å². The van der Waals surface area contributed by atoms with Crippen LogP contribution in [0, 0.1) is 6.92 Å². The minimum atomic E-state index is -2.72. The van der Waals surface area contributed by atoms with Crippen molar-refractivity contribution in [2.24, 2.45) is 0 Å². The van der Waals surface area contributed by atoms with Gasteiger partial charge in [0.2, 0.25) is 5.92 Å². The van der Waals surface area contributed by atoms with Gasteiger partial charge in [0.25, 0.3) is 0 Å². The molecule has 1 fully saturated rings. The van der Waals surface area contributed by atoms with Crippen LogP contribution in [0.15, 0.2) is 55.3 Å². The average molecular weight is 645 g/mol. The van der Waals surface area contributed by atoms with Crippen molar-refractivity contribution in [3.05, 3.63) is 70.9 Å².